The van der Waals surface area contributed by atoms with Crippen LogP contribution in [0.1, 0.15) is 20.8 Å². The summed E-state index contributed by atoms with van der Waals surface area (Å²) in [5.74, 6) is -0.366. The number of thiophene rings is 1. The fourth-order valence-corrected chi connectivity index (χ4v) is 4.31. The summed E-state index contributed by atoms with van der Waals surface area (Å²) in [5, 5.41) is 8.03. The highest BCUT2D eigenvalue weighted by Crippen LogP contribution is 2.35. The zero-order valence-electron chi connectivity index (χ0n) is 14.7. The van der Waals surface area contributed by atoms with Crippen LogP contribution in [0, 0.1) is 0 Å². The van der Waals surface area contributed by atoms with Gasteiger partial charge < -0.3 is 5.32 Å². The molecule has 0 saturated heterocycles. The number of hydrogen-bond donors (Lipinski definition) is 1. The van der Waals surface area contributed by atoms with Crippen LogP contribution in [-0.2, 0) is 12.7 Å². The maximum absolute atomic E-state index is 12.8. The number of fused-ring (bicyclic) bond motifs is 1. The molecule has 1 N–H and O–H groups in total. The van der Waals surface area contributed by atoms with Crippen molar-refractivity contribution in [2.45, 2.75) is 12.7 Å². The minimum absolute atomic E-state index is 0.142. The van der Waals surface area contributed by atoms with Crippen LogP contribution < -0.4 is 5.32 Å². The lowest BCUT2D eigenvalue weighted by Crippen LogP contribution is -2.10. The third-order valence-electron chi connectivity index (χ3n) is 4.23. The number of nitrogens with zero attached hydrogens (tertiary/aromatic N) is 2. The third-order valence-corrected chi connectivity index (χ3v) is 5.91. The van der Waals surface area contributed by atoms with Crippen molar-refractivity contribution in [3.05, 3.63) is 82.0 Å². The van der Waals surface area contributed by atoms with Crippen molar-refractivity contribution in [3.63, 3.8) is 0 Å². The van der Waals surface area contributed by atoms with Crippen LogP contribution in [0.4, 0.5) is 18.9 Å². The summed E-state index contributed by atoms with van der Waals surface area (Å²) in [5.41, 5.74) is 0.166. The first kappa shape index (κ1) is 19.5. The van der Waals surface area contributed by atoms with E-state index in [-0.39, 0.29) is 12.5 Å². The summed E-state index contributed by atoms with van der Waals surface area (Å²) < 4.78 is 40.9. The summed E-state index contributed by atoms with van der Waals surface area (Å²) in [7, 11) is 0. The predicted molar refractivity (Wildman–Crippen MR) is 108 cm³/mol. The van der Waals surface area contributed by atoms with Gasteiger partial charge >= 0.3 is 6.18 Å². The highest BCUT2D eigenvalue weighted by molar-refractivity contribution is 7.21. The van der Waals surface area contributed by atoms with Crippen LogP contribution in [0.15, 0.2) is 60.9 Å². The molecule has 0 bridgehead atoms. The lowest BCUT2D eigenvalue weighted by atomic mass is 10.1. The zero-order chi connectivity index (χ0) is 20.6. The summed E-state index contributed by atoms with van der Waals surface area (Å²) >= 11 is 7.61. The van der Waals surface area contributed by atoms with Crippen LogP contribution in [0.25, 0.3) is 10.1 Å². The van der Waals surface area contributed by atoms with E-state index in [9.17, 15) is 18.0 Å². The highest BCUT2D eigenvalue weighted by Gasteiger charge is 2.30. The standard InChI is InChI=1S/C20H13ClF3N3OS/c21-17-15-6-1-2-7-16(15)29-18(17)19(28)26-14-9-25-27(11-14)10-12-4-3-5-13(8-12)20(22,23)24/h1-9,11H,10H2,(H,26,28). The van der Waals surface area contributed by atoms with Crippen molar-refractivity contribution in [1.82, 2.24) is 9.78 Å². The van der Waals surface area contributed by atoms with Crippen molar-refractivity contribution in [3.8, 4) is 0 Å². The first-order valence-electron chi connectivity index (χ1n) is 8.48. The highest BCUT2D eigenvalue weighted by atomic mass is 35.5. The average molecular weight is 436 g/mol. The van der Waals surface area contributed by atoms with Crippen LogP contribution in [0.5, 0.6) is 0 Å². The summed E-state index contributed by atoms with van der Waals surface area (Å²) in [6.07, 6.45) is -1.41. The van der Waals surface area contributed by atoms with Crippen LogP contribution in [0.3, 0.4) is 0 Å². The Morgan fingerprint density at radius 3 is 2.72 bits per heavy atom. The Bertz CT molecular complexity index is 1200. The number of anilines is 1. The molecule has 4 aromatic rings. The Labute approximate surface area is 172 Å². The number of nitrogens with one attached hydrogen (secondary N) is 1. The number of amides is 1. The van der Waals surface area contributed by atoms with Gasteiger partial charge in [0.15, 0.2) is 0 Å². The first-order chi connectivity index (χ1) is 13.8. The fourth-order valence-electron chi connectivity index (χ4n) is 2.90. The van der Waals surface area contributed by atoms with Gasteiger partial charge in [-0.15, -0.1) is 11.3 Å². The summed E-state index contributed by atoms with van der Waals surface area (Å²) in [6.45, 7) is 0.142. The third kappa shape index (κ3) is 4.13. The molecule has 4 nitrogen and oxygen atoms in total. The van der Waals surface area contributed by atoms with E-state index in [1.54, 1.807) is 12.3 Å². The topological polar surface area (TPSA) is 46.9 Å². The number of carbonyl (C=O) groups is 1. The molecule has 2 aromatic heterocycles. The normalized spacial score (nSPS) is 11.7. The Balaban J connectivity index is 1.49. The molecule has 4 rings (SSSR count). The summed E-state index contributed by atoms with van der Waals surface area (Å²) in [4.78, 5) is 13.0. The maximum Gasteiger partial charge on any atom is 0.416 e. The SMILES string of the molecule is O=C(Nc1cnn(Cc2cccc(C(F)(F)F)c2)c1)c1sc2ccccc2c1Cl. The van der Waals surface area contributed by atoms with Gasteiger partial charge in [-0.25, -0.2) is 0 Å². The van der Waals surface area contributed by atoms with Crippen molar-refractivity contribution in [2.24, 2.45) is 0 Å². The molecule has 0 unspecified atom stereocenters. The van der Waals surface area contributed by atoms with E-state index in [1.165, 1.54) is 28.3 Å². The van der Waals surface area contributed by atoms with Gasteiger partial charge in [0.05, 0.1) is 29.0 Å². The molecule has 148 valence electrons. The van der Waals surface area contributed by atoms with E-state index in [0.717, 1.165) is 22.2 Å². The molecule has 0 aliphatic heterocycles. The van der Waals surface area contributed by atoms with Gasteiger partial charge in [0.1, 0.15) is 4.88 Å². The van der Waals surface area contributed by atoms with Crippen molar-refractivity contribution in [1.29, 1.82) is 0 Å². The van der Waals surface area contributed by atoms with Crippen LogP contribution in [-0.4, -0.2) is 15.7 Å². The maximum atomic E-state index is 12.8. The van der Waals surface area contributed by atoms with Crippen molar-refractivity contribution < 1.29 is 18.0 Å². The molecule has 2 aromatic carbocycles. The van der Waals surface area contributed by atoms with Gasteiger partial charge in [-0.05, 0) is 23.8 Å². The van der Waals surface area contributed by atoms with E-state index < -0.39 is 11.7 Å². The lowest BCUT2D eigenvalue weighted by Gasteiger charge is -2.08. The molecule has 0 radical (unpaired) electrons. The smallest absolute Gasteiger partial charge is 0.319 e. The Kier molecular flexibility index (Phi) is 5.06. The molecule has 0 spiro atoms. The van der Waals surface area contributed by atoms with E-state index in [2.05, 4.69) is 10.4 Å². The molecular weight excluding hydrogens is 423 g/mol. The molecule has 1 amide bonds. The molecule has 29 heavy (non-hydrogen) atoms. The van der Waals surface area contributed by atoms with E-state index in [0.29, 0.717) is 21.2 Å². The van der Waals surface area contributed by atoms with Gasteiger partial charge in [0, 0.05) is 16.3 Å². The predicted octanol–water partition coefficient (Wildman–Crippen LogP) is 6.07. The number of carbonyl (C=O) groups excluding carboxylic acids is 1. The minimum Gasteiger partial charge on any atom is -0.319 e. The molecule has 0 atom stereocenters. The number of hydrogen-bond acceptors (Lipinski definition) is 3. The van der Waals surface area contributed by atoms with Gasteiger partial charge in [-0.2, -0.15) is 18.3 Å². The average Bonchev–Trinajstić information content (AvgIpc) is 3.26. The van der Waals surface area contributed by atoms with Gasteiger partial charge in [-0.3, -0.25) is 9.48 Å². The van der Waals surface area contributed by atoms with Gasteiger partial charge in [0.2, 0.25) is 0 Å². The quantitative estimate of drug-likeness (QED) is 0.423. The molecule has 0 aliphatic rings. The molecule has 0 aliphatic carbocycles. The lowest BCUT2D eigenvalue weighted by molar-refractivity contribution is -0.137. The Hall–Kier alpha value is -2.84. The number of benzene rings is 2. The van der Waals surface area contributed by atoms with Crippen molar-refractivity contribution >= 4 is 44.6 Å². The first-order valence-corrected chi connectivity index (χ1v) is 9.68. The fraction of sp³-hybridized carbons (Fsp3) is 0.100. The number of alkyl halides is 3. The zero-order valence-corrected chi connectivity index (χ0v) is 16.3. The molecule has 0 fully saturated rings. The largest absolute Gasteiger partial charge is 0.416 e. The number of halogens is 4. The number of aromatic nitrogens is 2. The van der Waals surface area contributed by atoms with E-state index in [1.807, 2.05) is 24.3 Å². The summed E-state index contributed by atoms with van der Waals surface area (Å²) in [6, 6.07) is 12.5. The molecule has 0 saturated carbocycles. The minimum atomic E-state index is -4.40. The van der Waals surface area contributed by atoms with E-state index in [4.69, 9.17) is 11.6 Å². The second-order valence-electron chi connectivity index (χ2n) is 6.32. The Morgan fingerprint density at radius 1 is 1.17 bits per heavy atom. The van der Waals surface area contributed by atoms with E-state index >= 15 is 0 Å². The Morgan fingerprint density at radius 2 is 1.97 bits per heavy atom. The van der Waals surface area contributed by atoms with Crippen LogP contribution in [0.2, 0.25) is 5.02 Å². The second kappa shape index (κ2) is 7.53. The monoisotopic (exact) mass is 435 g/mol. The molecule has 9 heteroatoms. The molecular formula is C20H13ClF3N3OS. The van der Waals surface area contributed by atoms with Gasteiger partial charge in [-0.1, -0.05) is 41.9 Å². The van der Waals surface area contributed by atoms with Gasteiger partial charge in [0.25, 0.3) is 5.91 Å². The van der Waals surface area contributed by atoms with Crippen LogP contribution >= 0.6 is 22.9 Å². The number of rotatable bonds is 4. The molecule has 2 heterocycles. The van der Waals surface area contributed by atoms with Crippen molar-refractivity contribution in [2.75, 3.05) is 5.32 Å². The second-order valence-corrected chi connectivity index (χ2v) is 7.75.